The first-order valence-electron chi connectivity index (χ1n) is 10.5. The van der Waals surface area contributed by atoms with Crippen molar-refractivity contribution in [3.05, 3.63) is 65.5 Å². The van der Waals surface area contributed by atoms with E-state index in [1.54, 1.807) is 19.2 Å². The van der Waals surface area contributed by atoms with Crippen molar-refractivity contribution < 1.29 is 23.9 Å². The summed E-state index contributed by atoms with van der Waals surface area (Å²) in [6.07, 6.45) is 1.70. The summed E-state index contributed by atoms with van der Waals surface area (Å²) in [5, 5.41) is 14.1. The van der Waals surface area contributed by atoms with Crippen LogP contribution in [-0.4, -0.2) is 48.0 Å². The summed E-state index contributed by atoms with van der Waals surface area (Å²) < 4.78 is 18.8. The third kappa shape index (κ3) is 4.88. The number of oxime groups is 1. The molecule has 0 spiro atoms. The van der Waals surface area contributed by atoms with E-state index in [0.717, 1.165) is 17.9 Å². The number of piperidine rings is 1. The summed E-state index contributed by atoms with van der Waals surface area (Å²) in [6.45, 7) is 2.17. The number of carbonyl (C=O) groups is 1. The van der Waals surface area contributed by atoms with E-state index < -0.39 is 11.4 Å². The second kappa shape index (κ2) is 9.06. The van der Waals surface area contributed by atoms with Crippen LogP contribution in [0.3, 0.4) is 0 Å². The molecule has 7 heteroatoms. The monoisotopic (exact) mass is 426 g/mol. The first kappa shape index (κ1) is 21.3. The molecule has 1 atom stereocenters. The third-order valence-corrected chi connectivity index (χ3v) is 6.32. The number of rotatable bonds is 7. The van der Waals surface area contributed by atoms with E-state index in [1.807, 2.05) is 18.2 Å². The Morgan fingerprint density at radius 1 is 1.26 bits per heavy atom. The molecule has 2 aromatic rings. The largest absolute Gasteiger partial charge is 0.497 e. The van der Waals surface area contributed by atoms with Crippen LogP contribution in [0.25, 0.3) is 0 Å². The SMILES string of the molecule is COc1cccc(CN2CCC(CC3CC(c4cccc(F)c4)=NO3)(C(=O)O)CC2)c1. The summed E-state index contributed by atoms with van der Waals surface area (Å²) in [5.41, 5.74) is 1.66. The number of likely N-dealkylation sites (tertiary alicyclic amines) is 1. The molecular formula is C24H27FN2O4. The number of aliphatic carboxylic acids is 1. The van der Waals surface area contributed by atoms with Gasteiger partial charge in [-0.05, 0) is 55.8 Å². The van der Waals surface area contributed by atoms with Crippen LogP contribution in [0.15, 0.2) is 53.7 Å². The van der Waals surface area contributed by atoms with Crippen molar-refractivity contribution in [3.63, 3.8) is 0 Å². The fourth-order valence-corrected chi connectivity index (χ4v) is 4.49. The highest BCUT2D eigenvalue weighted by Crippen LogP contribution is 2.39. The van der Waals surface area contributed by atoms with Gasteiger partial charge in [-0.25, -0.2) is 4.39 Å². The van der Waals surface area contributed by atoms with Crippen LogP contribution < -0.4 is 4.74 Å². The summed E-state index contributed by atoms with van der Waals surface area (Å²) in [4.78, 5) is 20.1. The highest BCUT2D eigenvalue weighted by molar-refractivity contribution is 6.01. The summed E-state index contributed by atoms with van der Waals surface area (Å²) in [6, 6.07) is 14.2. The van der Waals surface area contributed by atoms with Gasteiger partial charge in [0.15, 0.2) is 0 Å². The van der Waals surface area contributed by atoms with Crippen LogP contribution >= 0.6 is 0 Å². The molecule has 2 heterocycles. The molecule has 2 aliphatic rings. The topological polar surface area (TPSA) is 71.4 Å². The fraction of sp³-hybridized carbons (Fsp3) is 0.417. The summed E-state index contributed by atoms with van der Waals surface area (Å²) >= 11 is 0. The summed E-state index contributed by atoms with van der Waals surface area (Å²) in [5.74, 6) is -0.285. The Morgan fingerprint density at radius 2 is 2.03 bits per heavy atom. The number of hydrogen-bond donors (Lipinski definition) is 1. The lowest BCUT2D eigenvalue weighted by Gasteiger charge is -2.39. The number of halogens is 1. The normalized spacial score (nSPS) is 20.7. The lowest BCUT2D eigenvalue weighted by Crippen LogP contribution is -2.45. The van der Waals surface area contributed by atoms with Crippen LogP contribution in [0.2, 0.25) is 0 Å². The van der Waals surface area contributed by atoms with Crippen molar-refractivity contribution >= 4 is 11.7 Å². The molecule has 164 valence electrons. The van der Waals surface area contributed by atoms with Gasteiger partial charge in [0, 0.05) is 24.9 Å². The van der Waals surface area contributed by atoms with Crippen molar-refractivity contribution in [3.8, 4) is 5.75 Å². The van der Waals surface area contributed by atoms with Crippen LogP contribution in [0.1, 0.15) is 36.8 Å². The van der Waals surface area contributed by atoms with Crippen molar-refractivity contribution in [2.24, 2.45) is 10.6 Å². The van der Waals surface area contributed by atoms with E-state index in [9.17, 15) is 14.3 Å². The minimum atomic E-state index is -0.831. The number of carboxylic acids is 1. The predicted octanol–water partition coefficient (Wildman–Crippen LogP) is 4.08. The van der Waals surface area contributed by atoms with Crippen LogP contribution in [0.5, 0.6) is 5.75 Å². The van der Waals surface area contributed by atoms with Gasteiger partial charge in [-0.2, -0.15) is 0 Å². The van der Waals surface area contributed by atoms with E-state index in [-0.39, 0.29) is 11.9 Å². The Labute approximate surface area is 181 Å². The third-order valence-electron chi connectivity index (χ3n) is 6.32. The zero-order valence-corrected chi connectivity index (χ0v) is 17.6. The molecule has 0 aromatic heterocycles. The Balaban J connectivity index is 1.36. The molecule has 1 unspecified atom stereocenters. The molecule has 1 N–H and O–H groups in total. The van der Waals surface area contributed by atoms with Gasteiger partial charge in [0.1, 0.15) is 17.7 Å². The second-order valence-electron chi connectivity index (χ2n) is 8.40. The Bertz CT molecular complexity index is 970. The maximum absolute atomic E-state index is 13.5. The molecule has 6 nitrogen and oxygen atoms in total. The standard InChI is InChI=1S/C24H27FN2O4/c1-30-20-7-2-4-17(12-20)16-27-10-8-24(9-11-27,23(28)29)15-21-14-22(26-31-21)18-5-3-6-19(25)13-18/h2-7,12-13,21H,8-11,14-16H2,1H3,(H,28,29). The molecule has 0 saturated carbocycles. The van der Waals surface area contributed by atoms with Gasteiger partial charge >= 0.3 is 5.97 Å². The van der Waals surface area contributed by atoms with Crippen molar-refractivity contribution in [1.29, 1.82) is 0 Å². The van der Waals surface area contributed by atoms with Crippen LogP contribution in [-0.2, 0) is 16.2 Å². The molecule has 0 aliphatic carbocycles. The first-order valence-corrected chi connectivity index (χ1v) is 10.5. The molecular weight excluding hydrogens is 399 g/mol. The molecule has 31 heavy (non-hydrogen) atoms. The summed E-state index contributed by atoms with van der Waals surface area (Å²) in [7, 11) is 1.65. The van der Waals surface area contributed by atoms with Gasteiger partial charge in [-0.15, -0.1) is 0 Å². The quantitative estimate of drug-likeness (QED) is 0.722. The lowest BCUT2D eigenvalue weighted by molar-refractivity contribution is -0.155. The minimum absolute atomic E-state index is 0.306. The van der Waals surface area contributed by atoms with Gasteiger partial charge in [0.05, 0.1) is 18.2 Å². The highest BCUT2D eigenvalue weighted by atomic mass is 19.1. The fourth-order valence-electron chi connectivity index (χ4n) is 4.49. The van der Waals surface area contributed by atoms with E-state index in [1.165, 1.54) is 12.1 Å². The number of carboxylic acid groups (broad SMARTS) is 1. The van der Waals surface area contributed by atoms with E-state index >= 15 is 0 Å². The Kier molecular flexibility index (Phi) is 6.23. The lowest BCUT2D eigenvalue weighted by atomic mass is 9.73. The average molecular weight is 426 g/mol. The smallest absolute Gasteiger partial charge is 0.309 e. The maximum Gasteiger partial charge on any atom is 0.309 e. The zero-order valence-electron chi connectivity index (χ0n) is 17.6. The molecule has 4 rings (SSSR count). The molecule has 0 radical (unpaired) electrons. The van der Waals surface area contributed by atoms with Gasteiger partial charge in [-0.3, -0.25) is 9.69 Å². The minimum Gasteiger partial charge on any atom is -0.497 e. The zero-order chi connectivity index (χ0) is 21.8. The molecule has 2 aliphatic heterocycles. The molecule has 0 bridgehead atoms. The maximum atomic E-state index is 13.5. The Hall–Kier alpha value is -2.93. The molecule has 2 aromatic carbocycles. The predicted molar refractivity (Wildman–Crippen MR) is 115 cm³/mol. The van der Waals surface area contributed by atoms with E-state index in [0.29, 0.717) is 50.0 Å². The molecule has 1 fully saturated rings. The van der Waals surface area contributed by atoms with Gasteiger partial charge in [0.2, 0.25) is 0 Å². The second-order valence-corrected chi connectivity index (χ2v) is 8.40. The molecule has 0 amide bonds. The average Bonchev–Trinajstić information content (AvgIpc) is 3.23. The van der Waals surface area contributed by atoms with Crippen molar-refractivity contribution in [2.45, 2.75) is 38.3 Å². The van der Waals surface area contributed by atoms with Gasteiger partial charge in [-0.1, -0.05) is 29.4 Å². The highest BCUT2D eigenvalue weighted by Gasteiger charge is 2.44. The number of ether oxygens (including phenoxy) is 1. The van der Waals surface area contributed by atoms with Crippen LogP contribution in [0, 0.1) is 11.2 Å². The number of benzene rings is 2. The number of methoxy groups -OCH3 is 1. The van der Waals surface area contributed by atoms with Gasteiger partial charge in [0.25, 0.3) is 0 Å². The van der Waals surface area contributed by atoms with Crippen molar-refractivity contribution in [1.82, 2.24) is 4.90 Å². The molecule has 1 saturated heterocycles. The Morgan fingerprint density at radius 3 is 2.74 bits per heavy atom. The van der Waals surface area contributed by atoms with Crippen LogP contribution in [0.4, 0.5) is 4.39 Å². The van der Waals surface area contributed by atoms with Crippen molar-refractivity contribution in [2.75, 3.05) is 20.2 Å². The van der Waals surface area contributed by atoms with Gasteiger partial charge < -0.3 is 14.7 Å². The van der Waals surface area contributed by atoms with E-state index in [2.05, 4.69) is 16.1 Å². The van der Waals surface area contributed by atoms with E-state index in [4.69, 9.17) is 9.57 Å². The first-order chi connectivity index (χ1) is 15.0. The number of hydrogen-bond acceptors (Lipinski definition) is 5. The number of nitrogens with zero attached hydrogens (tertiary/aromatic N) is 2.